The molecule has 0 aliphatic carbocycles. The summed E-state index contributed by atoms with van der Waals surface area (Å²) in [6, 6.07) is 20.0. The van der Waals surface area contributed by atoms with E-state index in [2.05, 4.69) is 176 Å². The number of carbonyl (C=O) groups excluding carboxylic acids is 3. The van der Waals surface area contributed by atoms with Crippen LogP contribution in [0.15, 0.2) is 113 Å². The van der Waals surface area contributed by atoms with E-state index in [0.717, 1.165) is 12.2 Å². The SMILES string of the molecule is CCN1c2ccc(C)cc2C(C)(C)C1/C=C/C=C/C=C1/N(CCCC(=O)CCCNC(=O)c2cccc(OCC(N=[N+]=[N-])OCCOCC(=O)NCC#Cc3cn([C@H]4CC[C@@H](COP(=O)(O)OP(=O)(O)OP(=O)(O)O)O4)c4nc(N)[nH]c(=O)c34)c2)c2ccc(C)cc2C1(C)C. The number of aromatic amines is 1. The number of Topliss-reactive ketones (excluding diaryl/α,β-unsaturated/α-hetero) is 1. The molecule has 0 radical (unpaired) electrons. The Kier molecular flexibility index (Phi) is 24.5. The number of nitrogens with two attached hydrogens (primary N) is 1. The van der Waals surface area contributed by atoms with Crippen molar-refractivity contribution in [2.24, 2.45) is 5.11 Å². The topological polar surface area (TPSA) is 404 Å². The molecule has 3 aliphatic heterocycles. The highest BCUT2D eigenvalue weighted by molar-refractivity contribution is 7.66. The van der Waals surface area contributed by atoms with Crippen molar-refractivity contribution in [2.45, 2.75) is 122 Å². The van der Waals surface area contributed by atoms with Crippen LogP contribution in [-0.4, -0.2) is 129 Å². The maximum atomic E-state index is 13.2. The van der Waals surface area contributed by atoms with E-state index in [4.69, 9.17) is 39.0 Å². The number of benzene rings is 3. The van der Waals surface area contributed by atoms with Gasteiger partial charge in [0.25, 0.3) is 11.5 Å². The molecule has 0 bridgehead atoms. The molecule has 8 rings (SSSR count). The van der Waals surface area contributed by atoms with Gasteiger partial charge in [-0.25, -0.2) is 13.7 Å². The molecule has 4 unspecified atom stereocenters. The first-order valence-electron chi connectivity index (χ1n) is 30.7. The first-order valence-corrected chi connectivity index (χ1v) is 35.2. The van der Waals surface area contributed by atoms with E-state index in [-0.39, 0.29) is 96.9 Å². The summed E-state index contributed by atoms with van der Waals surface area (Å²) in [5.41, 5.74) is 23.3. The second-order valence-corrected chi connectivity index (χ2v) is 28.3. The second-order valence-electron chi connectivity index (χ2n) is 23.9. The molecule has 0 spiro atoms. The molecule has 5 heterocycles. The Morgan fingerprint density at radius 1 is 0.937 bits per heavy atom. The standard InChI is InChI=1S/C63H80N11O18P3/c1-8-72-50-26-23-41(2)34-48(50)62(4,5)52(72)21-10-9-11-22-53-63(6,7)49-35-42(3)24-27-51(49)73(53)31-15-19-45(75)18-14-30-67-59(77)43-16-12-20-46(36-43)88-40-55(70-71-65)87-33-32-86-39-54(76)66-29-13-17-44-37-74(58-57(44)60(78)69-61(64)68-58)56-28-25-47(90-56)38-89-94(82,83)92-95(84,85)91-93(79,80)81/h9-12,16,20-24,26-27,34-37,47,52,55-56H,8,14-15,18-19,25,28-33,38-40H2,1-7H3,(H,66,76)(H,67,77)(H,82,83)(H,84,85)(H2,79,80,81)(H3,64,68,69,78)/b11-9+,21-10+,53-22+/t47-,52?,55?,56+/m0/s1. The van der Waals surface area contributed by atoms with Gasteiger partial charge >= 0.3 is 23.5 Å². The van der Waals surface area contributed by atoms with Crippen molar-refractivity contribution in [1.29, 1.82) is 0 Å². The summed E-state index contributed by atoms with van der Waals surface area (Å²) in [6.45, 7) is 15.8. The lowest BCUT2D eigenvalue weighted by Gasteiger charge is -2.31. The molecule has 3 aliphatic rings. The number of hydrogen-bond donors (Lipinski definition) is 8. The van der Waals surface area contributed by atoms with Crippen molar-refractivity contribution in [3.63, 3.8) is 0 Å². The number of azide groups is 1. The highest BCUT2D eigenvalue weighted by Crippen LogP contribution is 2.66. The van der Waals surface area contributed by atoms with Crippen LogP contribution in [0.25, 0.3) is 21.5 Å². The number of likely N-dealkylation sites (N-methyl/N-ethyl adjacent to an activating group) is 1. The fraction of sp³-hybridized carbons (Fsp3) is 0.444. The third-order valence-corrected chi connectivity index (χ3v) is 19.9. The Labute approximate surface area is 549 Å². The number of fused-ring (bicyclic) bond motifs is 3. The monoisotopic (exact) mass is 1370 g/mol. The minimum absolute atomic E-state index is 0.0249. The van der Waals surface area contributed by atoms with E-state index in [0.29, 0.717) is 43.5 Å². The third-order valence-electron chi connectivity index (χ3n) is 16.1. The highest BCUT2D eigenvalue weighted by atomic mass is 31.3. The summed E-state index contributed by atoms with van der Waals surface area (Å²) in [6.07, 6.45) is 11.7. The van der Waals surface area contributed by atoms with Gasteiger partial charge in [0.15, 0.2) is 11.9 Å². The average molecular weight is 1370 g/mol. The van der Waals surface area contributed by atoms with Gasteiger partial charge in [-0.2, -0.15) is 13.6 Å². The molecule has 510 valence electrons. The predicted octanol–water partition coefficient (Wildman–Crippen LogP) is 9.00. The molecule has 1 fully saturated rings. The number of ether oxygens (including phenoxy) is 4. The zero-order valence-electron chi connectivity index (χ0n) is 53.7. The quantitative estimate of drug-likeness (QED) is 0.00378. The first-order chi connectivity index (χ1) is 45.0. The molecule has 32 heteroatoms. The van der Waals surface area contributed by atoms with Gasteiger partial charge in [0.1, 0.15) is 31.0 Å². The minimum atomic E-state index is -5.73. The van der Waals surface area contributed by atoms with Gasteiger partial charge in [-0.05, 0) is 99.5 Å². The van der Waals surface area contributed by atoms with Gasteiger partial charge in [-0.15, -0.1) is 0 Å². The molecule has 29 nitrogen and oxygen atoms in total. The van der Waals surface area contributed by atoms with E-state index < -0.39 is 66.7 Å². The summed E-state index contributed by atoms with van der Waals surface area (Å²) in [7, 11) is -16.7. The lowest BCUT2D eigenvalue weighted by atomic mass is 9.80. The fourth-order valence-corrected chi connectivity index (χ4v) is 14.7. The van der Waals surface area contributed by atoms with Crippen LogP contribution in [0.5, 0.6) is 5.75 Å². The van der Waals surface area contributed by atoms with Gasteiger partial charge in [0.05, 0.1) is 49.5 Å². The molecule has 95 heavy (non-hydrogen) atoms. The largest absolute Gasteiger partial charge is 0.491 e. The highest BCUT2D eigenvalue weighted by Gasteiger charge is 2.44. The zero-order chi connectivity index (χ0) is 68.9. The van der Waals surface area contributed by atoms with Gasteiger partial charge in [0.2, 0.25) is 11.9 Å². The van der Waals surface area contributed by atoms with Crippen molar-refractivity contribution < 1.29 is 79.7 Å². The number of aryl methyl sites for hydroxylation is 2. The number of rotatable bonds is 32. The van der Waals surface area contributed by atoms with Crippen LogP contribution in [-0.2, 0) is 61.5 Å². The third kappa shape index (κ3) is 19.5. The van der Waals surface area contributed by atoms with Crippen molar-refractivity contribution >= 4 is 69.4 Å². The van der Waals surface area contributed by atoms with Gasteiger partial charge in [-0.1, -0.05) is 110 Å². The van der Waals surface area contributed by atoms with Crippen molar-refractivity contribution in [2.75, 3.05) is 74.7 Å². The van der Waals surface area contributed by atoms with Crippen molar-refractivity contribution in [1.82, 2.24) is 25.2 Å². The lowest BCUT2D eigenvalue weighted by Crippen LogP contribution is -2.39. The molecular weight excluding hydrogens is 1290 g/mol. The average Bonchev–Trinajstić information content (AvgIpc) is 1.61. The van der Waals surface area contributed by atoms with Gasteiger partial charge < -0.3 is 69.3 Å². The number of nitrogen functional groups attached to an aromatic ring is 1. The fourth-order valence-electron chi connectivity index (χ4n) is 11.7. The number of aromatic nitrogens is 3. The van der Waals surface area contributed by atoms with Gasteiger partial charge in [-0.3, -0.25) is 28.7 Å². The number of hydrogen-bond acceptors (Lipinski definition) is 19. The number of phosphoric acid groups is 3. The minimum Gasteiger partial charge on any atom is -0.491 e. The number of carbonyl (C=O) groups is 3. The van der Waals surface area contributed by atoms with Crippen LogP contribution in [0.1, 0.15) is 118 Å². The molecule has 5 aromatic rings. The number of nitrogens with one attached hydrogen (secondary N) is 3. The van der Waals surface area contributed by atoms with Crippen LogP contribution in [0.4, 0.5) is 17.3 Å². The number of H-pyrrole nitrogens is 1. The van der Waals surface area contributed by atoms with E-state index >= 15 is 0 Å². The molecule has 2 amide bonds. The summed E-state index contributed by atoms with van der Waals surface area (Å²) in [5.74, 6) is 4.82. The van der Waals surface area contributed by atoms with Crippen LogP contribution in [0.3, 0.4) is 0 Å². The normalized spacial score (nSPS) is 19.2. The first kappa shape index (κ1) is 73.1. The smallest absolute Gasteiger partial charge is 0.490 e. The Hall–Kier alpha value is -7.73. The maximum Gasteiger partial charge on any atom is 0.490 e. The molecule has 1 saturated heterocycles. The number of phosphoric ester groups is 1. The molecule has 6 atom stereocenters. The number of ketones is 1. The van der Waals surface area contributed by atoms with Crippen molar-refractivity contribution in [3.8, 4) is 17.6 Å². The zero-order valence-corrected chi connectivity index (χ0v) is 56.4. The lowest BCUT2D eigenvalue weighted by molar-refractivity contribution is -0.126. The number of nitrogens with zero attached hydrogens (tertiary/aromatic N) is 7. The Morgan fingerprint density at radius 2 is 1.67 bits per heavy atom. The second kappa shape index (κ2) is 31.9. The van der Waals surface area contributed by atoms with Crippen LogP contribution in [0.2, 0.25) is 0 Å². The van der Waals surface area contributed by atoms with Crippen LogP contribution < -0.4 is 36.5 Å². The molecule has 9 N–H and O–H groups in total. The number of allylic oxidation sites excluding steroid dienone is 5. The Balaban J connectivity index is 0.725. The van der Waals surface area contributed by atoms with Crippen LogP contribution >= 0.6 is 23.5 Å². The number of amides is 2. The van der Waals surface area contributed by atoms with Crippen molar-refractivity contribution in [3.05, 3.63) is 157 Å². The Bertz CT molecular complexity index is 4070. The predicted molar refractivity (Wildman–Crippen MR) is 354 cm³/mol. The summed E-state index contributed by atoms with van der Waals surface area (Å²) < 4.78 is 71.1. The Morgan fingerprint density at radius 3 is 2.41 bits per heavy atom. The molecule has 0 saturated carbocycles. The maximum absolute atomic E-state index is 13.2. The summed E-state index contributed by atoms with van der Waals surface area (Å²) in [5, 5.41) is 9.08. The van der Waals surface area contributed by atoms with Gasteiger partial charge in [0, 0.05) is 77.0 Å². The van der Waals surface area contributed by atoms with E-state index in [9.17, 15) is 48.2 Å². The van der Waals surface area contributed by atoms with Crippen LogP contribution in [0, 0.1) is 25.7 Å². The molecular formula is C63H80N11O18P3. The molecule has 2 aromatic heterocycles. The molecule has 3 aromatic carbocycles. The summed E-state index contributed by atoms with van der Waals surface area (Å²) in [4.78, 5) is 103. The van der Waals surface area contributed by atoms with E-state index in [1.165, 1.54) is 50.5 Å². The van der Waals surface area contributed by atoms with E-state index in [1.807, 2.05) is 0 Å². The number of anilines is 3. The van der Waals surface area contributed by atoms with E-state index in [1.54, 1.807) is 18.2 Å². The summed E-state index contributed by atoms with van der Waals surface area (Å²) >= 11 is 0.